The third kappa shape index (κ3) is 3.40. The minimum Gasteiger partial charge on any atom is -0.466 e. The van der Waals surface area contributed by atoms with E-state index in [1.165, 1.54) is 6.07 Å². The standard InChI is InChI=1S/C11H9IN2O4/c1-2-18-11(15)5-7-3-9(12)8(6-13)10(4-7)14(16)17/h3-4H,2,5H2,1H3. The number of esters is 1. The van der Waals surface area contributed by atoms with Gasteiger partial charge in [0.15, 0.2) is 0 Å². The summed E-state index contributed by atoms with van der Waals surface area (Å²) >= 11 is 1.83. The van der Waals surface area contributed by atoms with E-state index in [4.69, 9.17) is 10.00 Å². The molecule has 6 nitrogen and oxygen atoms in total. The number of ether oxygens (including phenoxy) is 1. The molecule has 0 heterocycles. The fraction of sp³-hybridized carbons (Fsp3) is 0.273. The maximum atomic E-state index is 11.3. The summed E-state index contributed by atoms with van der Waals surface area (Å²) in [5.74, 6) is -0.452. The number of carbonyl (C=O) groups excluding carboxylic acids is 1. The van der Waals surface area contributed by atoms with Gasteiger partial charge in [0.1, 0.15) is 11.6 Å². The lowest BCUT2D eigenvalue weighted by Gasteiger charge is -2.04. The minimum atomic E-state index is -0.630. The second-order valence-electron chi connectivity index (χ2n) is 3.32. The van der Waals surface area contributed by atoms with Gasteiger partial charge in [0.2, 0.25) is 0 Å². The van der Waals surface area contributed by atoms with Crippen molar-refractivity contribution in [1.82, 2.24) is 0 Å². The molecule has 0 amide bonds. The zero-order valence-electron chi connectivity index (χ0n) is 9.47. The first-order chi connectivity index (χ1) is 8.49. The smallest absolute Gasteiger partial charge is 0.310 e. The van der Waals surface area contributed by atoms with Crippen LogP contribution in [0.3, 0.4) is 0 Å². The van der Waals surface area contributed by atoms with E-state index in [1.807, 2.05) is 22.6 Å². The Kier molecular flexibility index (Phi) is 5.03. The SMILES string of the molecule is CCOC(=O)Cc1cc(I)c(C#N)c([N+](=O)[O-])c1. The van der Waals surface area contributed by atoms with Crippen LogP contribution in [-0.2, 0) is 16.0 Å². The van der Waals surface area contributed by atoms with Crippen LogP contribution in [0.15, 0.2) is 12.1 Å². The molecule has 0 fully saturated rings. The largest absolute Gasteiger partial charge is 0.466 e. The molecule has 0 saturated carbocycles. The number of hydrogen-bond acceptors (Lipinski definition) is 5. The van der Waals surface area contributed by atoms with Crippen molar-refractivity contribution in [3.8, 4) is 6.07 Å². The molecule has 0 atom stereocenters. The third-order valence-corrected chi connectivity index (χ3v) is 2.94. The highest BCUT2D eigenvalue weighted by atomic mass is 127. The Balaban J connectivity index is 3.14. The predicted molar refractivity (Wildman–Crippen MR) is 70.9 cm³/mol. The second kappa shape index (κ2) is 6.30. The van der Waals surface area contributed by atoms with Crippen LogP contribution < -0.4 is 0 Å². The molecule has 1 aromatic rings. The molecular formula is C11H9IN2O4. The van der Waals surface area contributed by atoms with Crippen molar-refractivity contribution in [2.75, 3.05) is 6.61 Å². The summed E-state index contributed by atoms with van der Waals surface area (Å²) < 4.78 is 5.21. The minimum absolute atomic E-state index is 0.00760. The van der Waals surface area contributed by atoms with Gasteiger partial charge in [-0.2, -0.15) is 5.26 Å². The monoisotopic (exact) mass is 360 g/mol. The topological polar surface area (TPSA) is 93.2 Å². The molecule has 1 aromatic carbocycles. The zero-order chi connectivity index (χ0) is 13.7. The Hall–Kier alpha value is -1.69. The molecule has 0 aromatic heterocycles. The van der Waals surface area contributed by atoms with Crippen molar-refractivity contribution in [3.05, 3.63) is 36.9 Å². The van der Waals surface area contributed by atoms with Gasteiger partial charge in [-0.15, -0.1) is 0 Å². The van der Waals surface area contributed by atoms with E-state index >= 15 is 0 Å². The molecular weight excluding hydrogens is 351 g/mol. The van der Waals surface area contributed by atoms with E-state index in [1.54, 1.807) is 19.1 Å². The van der Waals surface area contributed by atoms with Crippen molar-refractivity contribution >= 4 is 34.2 Å². The van der Waals surface area contributed by atoms with Gasteiger partial charge in [-0.25, -0.2) is 0 Å². The Bertz CT molecular complexity index is 537. The van der Waals surface area contributed by atoms with Crippen LogP contribution in [-0.4, -0.2) is 17.5 Å². The Morgan fingerprint density at radius 3 is 2.78 bits per heavy atom. The van der Waals surface area contributed by atoms with Crippen molar-refractivity contribution in [2.24, 2.45) is 0 Å². The van der Waals surface area contributed by atoms with Gasteiger partial charge < -0.3 is 4.74 Å². The Morgan fingerprint density at radius 1 is 1.61 bits per heavy atom. The average Bonchev–Trinajstić information content (AvgIpc) is 2.28. The van der Waals surface area contributed by atoms with Crippen LogP contribution in [0.2, 0.25) is 0 Å². The molecule has 0 aliphatic carbocycles. The van der Waals surface area contributed by atoms with E-state index in [-0.39, 0.29) is 24.3 Å². The van der Waals surface area contributed by atoms with Crippen molar-refractivity contribution in [2.45, 2.75) is 13.3 Å². The molecule has 0 aliphatic rings. The lowest BCUT2D eigenvalue weighted by molar-refractivity contribution is -0.385. The molecule has 94 valence electrons. The highest BCUT2D eigenvalue weighted by Crippen LogP contribution is 2.25. The number of carbonyl (C=O) groups is 1. The molecule has 18 heavy (non-hydrogen) atoms. The second-order valence-corrected chi connectivity index (χ2v) is 4.48. The van der Waals surface area contributed by atoms with Crippen molar-refractivity contribution in [1.29, 1.82) is 5.26 Å². The van der Waals surface area contributed by atoms with Crippen molar-refractivity contribution < 1.29 is 14.5 Å². The van der Waals surface area contributed by atoms with Crippen LogP contribution in [0.4, 0.5) is 5.69 Å². The third-order valence-electron chi connectivity index (χ3n) is 2.09. The van der Waals surface area contributed by atoms with Gasteiger partial charge in [-0.05, 0) is 41.1 Å². The van der Waals surface area contributed by atoms with E-state index in [0.717, 1.165) is 0 Å². The normalized spacial score (nSPS) is 9.61. The maximum absolute atomic E-state index is 11.3. The maximum Gasteiger partial charge on any atom is 0.310 e. The average molecular weight is 360 g/mol. The molecule has 0 unspecified atom stereocenters. The van der Waals surface area contributed by atoms with E-state index in [0.29, 0.717) is 9.13 Å². The lowest BCUT2D eigenvalue weighted by Crippen LogP contribution is -2.08. The van der Waals surface area contributed by atoms with Gasteiger partial charge in [0.05, 0.1) is 18.0 Å². The summed E-state index contributed by atoms with van der Waals surface area (Å²) in [7, 11) is 0. The van der Waals surface area contributed by atoms with Crippen LogP contribution in [0, 0.1) is 25.0 Å². The summed E-state index contributed by atoms with van der Waals surface area (Å²) in [5.41, 5.74) is 0.181. The summed E-state index contributed by atoms with van der Waals surface area (Å²) in [4.78, 5) is 21.5. The number of halogens is 1. The summed E-state index contributed by atoms with van der Waals surface area (Å²) in [6, 6.07) is 4.59. The van der Waals surface area contributed by atoms with E-state index in [2.05, 4.69) is 0 Å². The van der Waals surface area contributed by atoms with Crippen LogP contribution in [0.25, 0.3) is 0 Å². The highest BCUT2D eigenvalue weighted by molar-refractivity contribution is 14.1. The van der Waals surface area contributed by atoms with Crippen molar-refractivity contribution in [3.63, 3.8) is 0 Å². The number of nitriles is 1. The number of nitro benzene ring substituents is 1. The number of benzene rings is 1. The fourth-order valence-corrected chi connectivity index (χ4v) is 2.18. The quantitative estimate of drug-likeness (QED) is 0.355. The van der Waals surface area contributed by atoms with Gasteiger partial charge in [-0.3, -0.25) is 14.9 Å². The van der Waals surface area contributed by atoms with E-state index in [9.17, 15) is 14.9 Å². The predicted octanol–water partition coefficient (Wildman–Crippen LogP) is 2.18. The number of hydrogen-bond donors (Lipinski definition) is 0. The van der Waals surface area contributed by atoms with Crippen LogP contribution in [0.1, 0.15) is 18.1 Å². The molecule has 7 heteroatoms. The van der Waals surface area contributed by atoms with Crippen LogP contribution in [0.5, 0.6) is 0 Å². The Morgan fingerprint density at radius 2 is 2.28 bits per heavy atom. The molecule has 0 radical (unpaired) electrons. The first-order valence-corrected chi connectivity index (χ1v) is 6.10. The van der Waals surface area contributed by atoms with E-state index < -0.39 is 10.9 Å². The molecule has 0 N–H and O–H groups in total. The summed E-state index contributed by atoms with van der Waals surface area (Å²) in [5, 5.41) is 19.7. The van der Waals surface area contributed by atoms with Gasteiger partial charge >= 0.3 is 5.97 Å². The lowest BCUT2D eigenvalue weighted by atomic mass is 10.1. The first kappa shape index (κ1) is 14.4. The molecule has 0 bridgehead atoms. The molecule has 0 aliphatic heterocycles. The highest BCUT2D eigenvalue weighted by Gasteiger charge is 2.19. The molecule has 1 rings (SSSR count). The summed E-state index contributed by atoms with van der Waals surface area (Å²) in [6.07, 6.45) is -0.0452. The number of nitro groups is 1. The molecule has 0 spiro atoms. The number of rotatable bonds is 4. The molecule has 0 saturated heterocycles. The van der Waals surface area contributed by atoms with Gasteiger partial charge in [0, 0.05) is 9.64 Å². The summed E-state index contributed by atoms with van der Waals surface area (Å²) in [6.45, 7) is 1.94. The van der Waals surface area contributed by atoms with Gasteiger partial charge in [0.25, 0.3) is 5.69 Å². The van der Waals surface area contributed by atoms with Crippen LogP contribution >= 0.6 is 22.6 Å². The number of nitrogens with zero attached hydrogens (tertiary/aromatic N) is 2. The van der Waals surface area contributed by atoms with Gasteiger partial charge in [-0.1, -0.05) is 0 Å². The first-order valence-electron chi connectivity index (χ1n) is 5.02. The fourth-order valence-electron chi connectivity index (χ4n) is 1.38. The zero-order valence-corrected chi connectivity index (χ0v) is 11.6. The Labute approximate surface area is 117 Å².